The fourth-order valence-electron chi connectivity index (χ4n) is 2.62. The van der Waals surface area contributed by atoms with Crippen molar-refractivity contribution in [2.45, 2.75) is 31.7 Å². The number of nitrogens with zero attached hydrogens (tertiary/aromatic N) is 2. The van der Waals surface area contributed by atoms with Crippen LogP contribution in [0.2, 0.25) is 0 Å². The van der Waals surface area contributed by atoms with Crippen molar-refractivity contribution in [2.75, 3.05) is 0 Å². The summed E-state index contributed by atoms with van der Waals surface area (Å²) in [6.45, 7) is -0.470. The highest BCUT2D eigenvalue weighted by molar-refractivity contribution is 5.68. The van der Waals surface area contributed by atoms with E-state index in [9.17, 15) is 14.0 Å². The van der Waals surface area contributed by atoms with Crippen molar-refractivity contribution in [3.05, 3.63) is 52.2 Å². The zero-order valence-corrected chi connectivity index (χ0v) is 11.8. The molecule has 0 bridgehead atoms. The Kier molecular flexibility index (Phi) is 3.75. The normalized spacial score (nSPS) is 14.6. The lowest BCUT2D eigenvalue weighted by Gasteiger charge is -2.27. The molecule has 3 rings (SSSR count). The Morgan fingerprint density at radius 2 is 2.14 bits per heavy atom. The Bertz CT molecular complexity index is 781. The van der Waals surface area contributed by atoms with Gasteiger partial charge in [-0.25, -0.2) is 9.07 Å². The second-order valence-corrected chi connectivity index (χ2v) is 5.47. The Hall–Kier alpha value is -2.50. The quantitative estimate of drug-likeness (QED) is 0.941. The number of aliphatic carboxylic acids is 1. The summed E-state index contributed by atoms with van der Waals surface area (Å²) in [6, 6.07) is 7.37. The maximum Gasteiger partial charge on any atom is 0.325 e. The molecule has 0 unspecified atom stereocenters. The molecule has 1 aliphatic carbocycles. The molecular formula is C16H15FN2O3. The minimum absolute atomic E-state index is 0.193. The highest BCUT2D eigenvalue weighted by atomic mass is 19.1. The molecule has 1 fully saturated rings. The van der Waals surface area contributed by atoms with Gasteiger partial charge in [0.05, 0.1) is 5.69 Å². The summed E-state index contributed by atoms with van der Waals surface area (Å²) in [6.07, 6.45) is 2.97. The van der Waals surface area contributed by atoms with Crippen molar-refractivity contribution in [1.29, 1.82) is 0 Å². The van der Waals surface area contributed by atoms with Crippen molar-refractivity contribution < 1.29 is 14.3 Å². The topological polar surface area (TPSA) is 72.2 Å². The summed E-state index contributed by atoms with van der Waals surface area (Å²) < 4.78 is 14.4. The van der Waals surface area contributed by atoms with Gasteiger partial charge in [-0.1, -0.05) is 18.6 Å². The molecule has 1 aromatic carbocycles. The molecule has 1 aliphatic rings. The summed E-state index contributed by atoms with van der Waals surface area (Å²) in [5.74, 6) is -1.31. The van der Waals surface area contributed by atoms with E-state index in [0.29, 0.717) is 16.8 Å². The number of carboxylic acids is 1. The summed E-state index contributed by atoms with van der Waals surface area (Å²) in [5.41, 5.74) is 1.37. The minimum atomic E-state index is -1.12. The lowest BCUT2D eigenvalue weighted by atomic mass is 9.80. The Morgan fingerprint density at radius 1 is 1.36 bits per heavy atom. The Morgan fingerprint density at radius 3 is 2.73 bits per heavy atom. The first-order valence-electron chi connectivity index (χ1n) is 7.14. The van der Waals surface area contributed by atoms with Gasteiger partial charge in [-0.2, -0.15) is 5.10 Å². The van der Waals surface area contributed by atoms with Gasteiger partial charge in [-0.05, 0) is 30.5 Å². The summed E-state index contributed by atoms with van der Waals surface area (Å²) in [7, 11) is 0. The highest BCUT2D eigenvalue weighted by Gasteiger charge is 2.26. The van der Waals surface area contributed by atoms with Gasteiger partial charge in [-0.3, -0.25) is 9.59 Å². The molecule has 22 heavy (non-hydrogen) atoms. The summed E-state index contributed by atoms with van der Waals surface area (Å²) in [4.78, 5) is 22.9. The van der Waals surface area contributed by atoms with Crippen LogP contribution in [0.3, 0.4) is 0 Å². The molecule has 0 saturated heterocycles. The van der Waals surface area contributed by atoms with Gasteiger partial charge in [0.2, 0.25) is 0 Å². The second kappa shape index (κ2) is 5.71. The molecule has 114 valence electrons. The van der Waals surface area contributed by atoms with E-state index in [-0.39, 0.29) is 11.7 Å². The molecule has 0 amide bonds. The molecular weight excluding hydrogens is 287 g/mol. The number of hydrogen-bond donors (Lipinski definition) is 1. The van der Waals surface area contributed by atoms with Crippen molar-refractivity contribution in [3.8, 4) is 11.1 Å². The first-order valence-corrected chi connectivity index (χ1v) is 7.14. The van der Waals surface area contributed by atoms with Crippen LogP contribution in [-0.2, 0) is 11.3 Å². The fraction of sp³-hybridized carbons (Fsp3) is 0.312. The van der Waals surface area contributed by atoms with Crippen LogP contribution >= 0.6 is 0 Å². The molecule has 2 aromatic rings. The predicted molar refractivity (Wildman–Crippen MR) is 78.1 cm³/mol. The van der Waals surface area contributed by atoms with Gasteiger partial charge in [0.1, 0.15) is 12.4 Å². The predicted octanol–water partition coefficient (Wildman–Crippen LogP) is 2.40. The van der Waals surface area contributed by atoms with E-state index in [1.807, 2.05) is 0 Å². The average Bonchev–Trinajstić information content (AvgIpc) is 2.39. The molecule has 1 aromatic heterocycles. The fourth-order valence-corrected chi connectivity index (χ4v) is 2.62. The van der Waals surface area contributed by atoms with E-state index in [2.05, 4.69) is 5.10 Å². The number of halogens is 1. The molecule has 5 nitrogen and oxygen atoms in total. The molecule has 0 aliphatic heterocycles. The largest absolute Gasteiger partial charge is 0.480 e. The molecule has 0 spiro atoms. The Balaban J connectivity index is 2.14. The van der Waals surface area contributed by atoms with Crippen LogP contribution < -0.4 is 5.56 Å². The van der Waals surface area contributed by atoms with Crippen molar-refractivity contribution in [1.82, 2.24) is 9.78 Å². The van der Waals surface area contributed by atoms with Crippen LogP contribution in [-0.4, -0.2) is 20.9 Å². The molecule has 0 radical (unpaired) electrons. The summed E-state index contributed by atoms with van der Waals surface area (Å²) in [5, 5.41) is 13.1. The number of aromatic nitrogens is 2. The Labute approximate surface area is 126 Å². The number of carboxylic acid groups (broad SMARTS) is 1. The molecule has 1 saturated carbocycles. The van der Waals surface area contributed by atoms with E-state index in [4.69, 9.17) is 5.11 Å². The third-order valence-corrected chi connectivity index (χ3v) is 3.94. The zero-order valence-electron chi connectivity index (χ0n) is 11.8. The van der Waals surface area contributed by atoms with Crippen LogP contribution in [0.25, 0.3) is 11.1 Å². The van der Waals surface area contributed by atoms with Crippen molar-refractivity contribution in [3.63, 3.8) is 0 Å². The molecule has 1 heterocycles. The van der Waals surface area contributed by atoms with Crippen LogP contribution in [0.1, 0.15) is 30.9 Å². The number of rotatable bonds is 4. The summed E-state index contributed by atoms with van der Waals surface area (Å²) >= 11 is 0. The average molecular weight is 302 g/mol. The van der Waals surface area contributed by atoms with Crippen molar-refractivity contribution in [2.24, 2.45) is 0 Å². The van der Waals surface area contributed by atoms with E-state index in [1.165, 1.54) is 18.2 Å². The van der Waals surface area contributed by atoms with Crippen LogP contribution in [0, 0.1) is 5.82 Å². The molecule has 1 N–H and O–H groups in total. The lowest BCUT2D eigenvalue weighted by Crippen LogP contribution is -2.29. The van der Waals surface area contributed by atoms with Gasteiger partial charge in [0.25, 0.3) is 5.56 Å². The van der Waals surface area contributed by atoms with E-state index in [1.54, 1.807) is 12.1 Å². The van der Waals surface area contributed by atoms with E-state index in [0.717, 1.165) is 23.9 Å². The van der Waals surface area contributed by atoms with Gasteiger partial charge in [0.15, 0.2) is 0 Å². The third-order valence-electron chi connectivity index (χ3n) is 3.94. The monoisotopic (exact) mass is 302 g/mol. The SMILES string of the molecule is O=C(O)Cn1nc(C2CCC2)c(-c2cccc(F)c2)cc1=O. The standard InChI is InChI=1S/C16H15FN2O3/c17-12-6-2-5-11(7-12)13-8-14(20)19(9-15(21)22)18-16(13)10-3-1-4-10/h2,5-8,10H,1,3-4,9H2,(H,21,22). The third kappa shape index (κ3) is 2.77. The first kappa shape index (κ1) is 14.4. The first-order chi connectivity index (χ1) is 10.5. The maximum atomic E-state index is 13.5. The van der Waals surface area contributed by atoms with Crippen LogP contribution in [0.4, 0.5) is 4.39 Å². The molecule has 6 heteroatoms. The van der Waals surface area contributed by atoms with E-state index < -0.39 is 18.1 Å². The lowest BCUT2D eigenvalue weighted by molar-refractivity contribution is -0.138. The zero-order chi connectivity index (χ0) is 15.7. The van der Waals surface area contributed by atoms with Crippen molar-refractivity contribution >= 4 is 5.97 Å². The molecule has 0 atom stereocenters. The van der Waals surface area contributed by atoms with Gasteiger partial charge in [0, 0.05) is 17.5 Å². The second-order valence-electron chi connectivity index (χ2n) is 5.47. The number of carbonyl (C=O) groups is 1. The van der Waals surface area contributed by atoms with Gasteiger partial charge in [-0.15, -0.1) is 0 Å². The number of hydrogen-bond acceptors (Lipinski definition) is 3. The van der Waals surface area contributed by atoms with Crippen LogP contribution in [0.5, 0.6) is 0 Å². The minimum Gasteiger partial charge on any atom is -0.480 e. The highest BCUT2D eigenvalue weighted by Crippen LogP contribution is 2.39. The maximum absolute atomic E-state index is 13.5. The number of benzene rings is 1. The van der Waals surface area contributed by atoms with Gasteiger partial charge < -0.3 is 5.11 Å². The van der Waals surface area contributed by atoms with E-state index >= 15 is 0 Å². The van der Waals surface area contributed by atoms with Gasteiger partial charge >= 0.3 is 5.97 Å². The smallest absolute Gasteiger partial charge is 0.325 e. The van der Waals surface area contributed by atoms with Crippen LogP contribution in [0.15, 0.2) is 35.1 Å².